The van der Waals surface area contributed by atoms with Gasteiger partial charge in [0.2, 0.25) is 0 Å². The molecule has 0 aliphatic heterocycles. The van der Waals surface area contributed by atoms with Gasteiger partial charge in [0.25, 0.3) is 11.8 Å². The molecular weight excluding hydrogens is 396 g/mol. The van der Waals surface area contributed by atoms with Crippen LogP contribution in [0.1, 0.15) is 44.9 Å². The number of unbranched alkanes of at least 4 members (excludes halogenated alkanes) is 1. The van der Waals surface area contributed by atoms with E-state index in [-0.39, 0.29) is 11.8 Å². The lowest BCUT2D eigenvalue weighted by Crippen LogP contribution is -2.31. The Balaban J connectivity index is 1.84. The largest absolute Gasteiger partial charge is 0.378 e. The molecule has 2 aromatic rings. The summed E-state index contributed by atoms with van der Waals surface area (Å²) in [5.41, 5.74) is 2.78. The molecule has 0 unspecified atom stereocenters. The minimum Gasteiger partial charge on any atom is -0.378 e. The lowest BCUT2D eigenvalue weighted by molar-refractivity contribution is 0.0767. The first-order valence-electron chi connectivity index (χ1n) is 9.10. The molecular formula is C18H28N6O2S2. The zero-order valence-electron chi connectivity index (χ0n) is 17.3. The van der Waals surface area contributed by atoms with Crippen molar-refractivity contribution in [2.75, 3.05) is 51.9 Å². The maximum Gasteiger partial charge on any atom is 0.258 e. The van der Waals surface area contributed by atoms with Gasteiger partial charge >= 0.3 is 0 Å². The van der Waals surface area contributed by atoms with Crippen LogP contribution < -0.4 is 10.6 Å². The van der Waals surface area contributed by atoms with E-state index >= 15 is 0 Å². The van der Waals surface area contributed by atoms with Crippen molar-refractivity contribution in [2.45, 2.75) is 26.7 Å². The molecule has 0 aliphatic rings. The number of aryl methyl sites for hydroxylation is 2. The van der Waals surface area contributed by atoms with Gasteiger partial charge in [-0.2, -0.15) is 8.75 Å². The second-order valence-electron chi connectivity index (χ2n) is 6.60. The van der Waals surface area contributed by atoms with Gasteiger partial charge in [0.05, 0.1) is 22.5 Å². The summed E-state index contributed by atoms with van der Waals surface area (Å²) in [6.45, 7) is 4.94. The average Bonchev–Trinajstić information content (AvgIpc) is 3.25. The Bertz CT molecular complexity index is 764. The summed E-state index contributed by atoms with van der Waals surface area (Å²) >= 11 is 2.60. The number of rotatable bonds is 9. The fraction of sp³-hybridized carbons (Fsp3) is 0.556. The van der Waals surface area contributed by atoms with Gasteiger partial charge in [-0.3, -0.25) is 9.59 Å². The van der Waals surface area contributed by atoms with Crippen molar-refractivity contribution in [3.63, 3.8) is 0 Å². The fourth-order valence-corrected chi connectivity index (χ4v) is 4.34. The molecule has 2 rings (SSSR count). The molecule has 8 nitrogen and oxygen atoms in total. The van der Waals surface area contributed by atoms with Crippen molar-refractivity contribution in [2.24, 2.45) is 0 Å². The maximum atomic E-state index is 12.7. The summed E-state index contributed by atoms with van der Waals surface area (Å²) in [5, 5.41) is 7.64. The van der Waals surface area contributed by atoms with Gasteiger partial charge in [-0.05, 0) is 49.8 Å². The van der Waals surface area contributed by atoms with E-state index in [9.17, 15) is 9.59 Å². The number of carbonyl (C=O) groups excluding carboxylic acids is 2. The summed E-state index contributed by atoms with van der Waals surface area (Å²) < 4.78 is 8.51. The van der Waals surface area contributed by atoms with Crippen LogP contribution >= 0.6 is 23.1 Å². The molecule has 0 radical (unpaired) electrons. The Morgan fingerprint density at radius 2 is 1.18 bits per heavy atom. The highest BCUT2D eigenvalue weighted by molar-refractivity contribution is 7.11. The first-order chi connectivity index (χ1) is 13.3. The maximum absolute atomic E-state index is 12.7. The minimum atomic E-state index is -0.0290. The zero-order chi connectivity index (χ0) is 20.8. The molecule has 2 heterocycles. The summed E-state index contributed by atoms with van der Waals surface area (Å²) in [5.74, 6) is -0.0580. The van der Waals surface area contributed by atoms with E-state index in [1.807, 2.05) is 13.8 Å². The van der Waals surface area contributed by atoms with Gasteiger partial charge in [-0.25, -0.2) is 0 Å². The standard InChI is InChI=1S/C18H28N6O2S2/c1-11-13(15(19-3)27-21-11)17(25)23(5)9-7-8-10-24(6)18(26)14-12(2)22-28-16(14)20-4/h19-20H,7-10H2,1-6H3. The monoisotopic (exact) mass is 424 g/mol. The molecule has 0 bridgehead atoms. The third-order valence-electron chi connectivity index (χ3n) is 4.54. The lowest BCUT2D eigenvalue weighted by atomic mass is 10.2. The van der Waals surface area contributed by atoms with Crippen LogP contribution in [0.25, 0.3) is 0 Å². The van der Waals surface area contributed by atoms with E-state index in [1.54, 1.807) is 38.0 Å². The molecule has 0 aliphatic carbocycles. The van der Waals surface area contributed by atoms with Crippen LogP contribution in [0.2, 0.25) is 0 Å². The number of aromatic nitrogens is 2. The van der Waals surface area contributed by atoms with Gasteiger partial charge < -0.3 is 20.4 Å². The van der Waals surface area contributed by atoms with E-state index in [1.165, 1.54) is 23.1 Å². The Morgan fingerprint density at radius 1 is 0.821 bits per heavy atom. The molecule has 2 amide bonds. The van der Waals surface area contributed by atoms with Crippen LogP contribution in [0.3, 0.4) is 0 Å². The van der Waals surface area contributed by atoms with Crippen LogP contribution in [-0.2, 0) is 0 Å². The van der Waals surface area contributed by atoms with Crippen molar-refractivity contribution in [1.29, 1.82) is 0 Å². The van der Waals surface area contributed by atoms with Gasteiger partial charge in [0, 0.05) is 41.3 Å². The van der Waals surface area contributed by atoms with Crippen molar-refractivity contribution < 1.29 is 9.59 Å². The summed E-state index contributed by atoms with van der Waals surface area (Å²) in [6.07, 6.45) is 1.62. The van der Waals surface area contributed by atoms with Crippen LogP contribution in [-0.4, -0.2) is 71.6 Å². The Hall–Kier alpha value is -2.20. The number of hydrogen-bond donors (Lipinski definition) is 2. The van der Waals surface area contributed by atoms with E-state index in [0.717, 1.165) is 34.2 Å². The third-order valence-corrected chi connectivity index (χ3v) is 6.45. The highest BCUT2D eigenvalue weighted by atomic mass is 32.1. The molecule has 0 saturated heterocycles. The second-order valence-corrected chi connectivity index (χ2v) is 8.15. The lowest BCUT2D eigenvalue weighted by Gasteiger charge is -2.20. The van der Waals surface area contributed by atoms with E-state index in [2.05, 4.69) is 19.4 Å². The molecule has 10 heteroatoms. The normalized spacial score (nSPS) is 10.6. The Morgan fingerprint density at radius 3 is 1.50 bits per heavy atom. The van der Waals surface area contributed by atoms with Gasteiger partial charge in [-0.1, -0.05) is 0 Å². The molecule has 0 aromatic carbocycles. The molecule has 0 atom stereocenters. The number of hydrogen-bond acceptors (Lipinski definition) is 8. The van der Waals surface area contributed by atoms with Crippen LogP contribution in [0.4, 0.5) is 10.0 Å². The molecule has 28 heavy (non-hydrogen) atoms. The van der Waals surface area contributed by atoms with Crippen LogP contribution in [0, 0.1) is 13.8 Å². The van der Waals surface area contributed by atoms with Crippen molar-refractivity contribution in [3.8, 4) is 0 Å². The van der Waals surface area contributed by atoms with Crippen molar-refractivity contribution in [3.05, 3.63) is 22.5 Å². The number of anilines is 2. The predicted octanol–water partition coefficient (Wildman–Crippen LogP) is 2.92. The van der Waals surface area contributed by atoms with Gasteiger partial charge in [-0.15, -0.1) is 0 Å². The SMILES string of the molecule is CNc1snc(C)c1C(=O)N(C)CCCCN(C)C(=O)c1c(C)nsc1NC. The van der Waals surface area contributed by atoms with E-state index < -0.39 is 0 Å². The highest BCUT2D eigenvalue weighted by Crippen LogP contribution is 2.26. The van der Waals surface area contributed by atoms with Crippen molar-refractivity contribution >= 4 is 44.9 Å². The zero-order valence-corrected chi connectivity index (χ0v) is 18.9. The summed E-state index contributed by atoms with van der Waals surface area (Å²) in [4.78, 5) is 28.8. The smallest absolute Gasteiger partial charge is 0.258 e. The number of amides is 2. The Labute approximate surface area is 174 Å². The minimum absolute atomic E-state index is 0.0290. The van der Waals surface area contributed by atoms with E-state index in [4.69, 9.17) is 0 Å². The van der Waals surface area contributed by atoms with Crippen molar-refractivity contribution in [1.82, 2.24) is 18.5 Å². The predicted molar refractivity (Wildman–Crippen MR) is 116 cm³/mol. The summed E-state index contributed by atoms with van der Waals surface area (Å²) in [7, 11) is 7.18. The molecule has 0 fully saturated rings. The Kier molecular flexibility index (Phi) is 7.76. The summed E-state index contributed by atoms with van der Waals surface area (Å²) in [6, 6.07) is 0. The molecule has 2 N–H and O–H groups in total. The number of nitrogens with zero attached hydrogens (tertiary/aromatic N) is 4. The second kappa shape index (κ2) is 9.83. The van der Waals surface area contributed by atoms with Gasteiger partial charge in [0.1, 0.15) is 10.0 Å². The van der Waals surface area contributed by atoms with Crippen LogP contribution in [0.15, 0.2) is 0 Å². The van der Waals surface area contributed by atoms with Crippen LogP contribution in [0.5, 0.6) is 0 Å². The molecule has 2 aromatic heterocycles. The quantitative estimate of drug-likeness (QED) is 0.602. The first kappa shape index (κ1) is 22.1. The fourth-order valence-electron chi connectivity index (χ4n) is 2.87. The van der Waals surface area contributed by atoms with E-state index in [0.29, 0.717) is 24.2 Å². The topological polar surface area (TPSA) is 90.5 Å². The number of carbonyl (C=O) groups is 2. The molecule has 154 valence electrons. The highest BCUT2D eigenvalue weighted by Gasteiger charge is 2.22. The molecule has 0 spiro atoms. The first-order valence-corrected chi connectivity index (χ1v) is 10.6. The average molecular weight is 425 g/mol. The molecule has 0 saturated carbocycles. The third kappa shape index (κ3) is 4.79. The van der Waals surface area contributed by atoms with Gasteiger partial charge in [0.15, 0.2) is 0 Å². The number of nitrogens with one attached hydrogen (secondary N) is 2.